The number of hydrogen-bond donors (Lipinski definition) is 1. The maximum atomic E-state index is 14.8. The fraction of sp³-hybridized carbons (Fsp3) is 0.316. The topological polar surface area (TPSA) is 96.0 Å². The van der Waals surface area contributed by atoms with Crippen LogP contribution in [0.4, 0.5) is 5.69 Å². The van der Waals surface area contributed by atoms with Crippen LogP contribution in [0.3, 0.4) is 0 Å². The monoisotopic (exact) mass is 687 g/mol. The predicted molar refractivity (Wildman–Crippen MR) is 190 cm³/mol. The fourth-order valence-corrected chi connectivity index (χ4v) is 7.73. The standard InChI is InChI=1S/C38H42ClN3O5S/c1-27-16-19-33(20-17-27)48(45,46)42(34-22-28(2)18-21-36(34)47-3)26-37(43)41(25-30-12-9-13-31(39)23-30)35(24-29-10-5-4-6-11-29)38(44)40-32-14-7-8-15-32/h4-6,9-13,16-23,32,35H,7-8,14-15,24-26H2,1-3H3,(H,40,44)/t35-/m1/s1. The Morgan fingerprint density at radius 3 is 2.21 bits per heavy atom. The van der Waals surface area contributed by atoms with Crippen LogP contribution in [-0.2, 0) is 32.6 Å². The highest BCUT2D eigenvalue weighted by atomic mass is 35.5. The molecule has 1 atom stereocenters. The maximum absolute atomic E-state index is 14.8. The Balaban J connectivity index is 1.60. The molecule has 0 heterocycles. The van der Waals surface area contributed by atoms with Crippen LogP contribution in [0, 0.1) is 13.8 Å². The largest absolute Gasteiger partial charge is 0.495 e. The summed E-state index contributed by atoms with van der Waals surface area (Å²) in [7, 11) is -2.81. The lowest BCUT2D eigenvalue weighted by Gasteiger charge is -2.34. The van der Waals surface area contributed by atoms with Gasteiger partial charge >= 0.3 is 0 Å². The van der Waals surface area contributed by atoms with Crippen molar-refractivity contribution in [3.8, 4) is 5.75 Å². The summed E-state index contributed by atoms with van der Waals surface area (Å²) in [5, 5.41) is 3.68. The molecule has 10 heteroatoms. The van der Waals surface area contributed by atoms with Crippen molar-refractivity contribution in [3.63, 3.8) is 0 Å². The minimum Gasteiger partial charge on any atom is -0.495 e. The van der Waals surface area contributed by atoms with E-state index in [9.17, 15) is 18.0 Å². The first-order valence-corrected chi connectivity index (χ1v) is 18.0. The number of hydrogen-bond acceptors (Lipinski definition) is 5. The van der Waals surface area contributed by atoms with Crippen molar-refractivity contribution in [1.82, 2.24) is 10.2 Å². The number of sulfonamides is 1. The molecule has 5 rings (SSSR count). The summed E-state index contributed by atoms with van der Waals surface area (Å²) in [5.41, 5.74) is 3.50. The van der Waals surface area contributed by atoms with Crippen LogP contribution in [0.15, 0.2) is 102 Å². The summed E-state index contributed by atoms with van der Waals surface area (Å²) in [6.45, 7) is 3.19. The fourth-order valence-electron chi connectivity index (χ4n) is 6.10. The van der Waals surface area contributed by atoms with E-state index in [-0.39, 0.29) is 35.5 Å². The van der Waals surface area contributed by atoms with Gasteiger partial charge in [0, 0.05) is 24.0 Å². The normalized spacial score (nSPS) is 13.9. The SMILES string of the molecule is COc1ccc(C)cc1N(CC(=O)N(Cc1cccc(Cl)c1)[C@H](Cc1ccccc1)C(=O)NC1CCCC1)S(=O)(=O)c1ccc(C)cc1. The van der Waals surface area contributed by atoms with E-state index in [1.165, 1.54) is 24.1 Å². The summed E-state index contributed by atoms with van der Waals surface area (Å²) in [6.07, 6.45) is 4.06. The van der Waals surface area contributed by atoms with Crippen molar-refractivity contribution in [3.05, 3.63) is 124 Å². The van der Waals surface area contributed by atoms with Gasteiger partial charge in [-0.05, 0) is 79.8 Å². The van der Waals surface area contributed by atoms with Crippen molar-refractivity contribution < 1.29 is 22.7 Å². The Morgan fingerprint density at radius 2 is 1.54 bits per heavy atom. The van der Waals surface area contributed by atoms with Crippen LogP contribution in [-0.4, -0.2) is 50.9 Å². The van der Waals surface area contributed by atoms with Crippen LogP contribution in [0.1, 0.15) is 47.9 Å². The Kier molecular flexibility index (Phi) is 11.4. The van der Waals surface area contributed by atoms with Gasteiger partial charge in [0.2, 0.25) is 11.8 Å². The highest BCUT2D eigenvalue weighted by Crippen LogP contribution is 2.34. The quantitative estimate of drug-likeness (QED) is 0.166. The van der Waals surface area contributed by atoms with Crippen LogP contribution in [0.5, 0.6) is 5.75 Å². The molecule has 1 N–H and O–H groups in total. The zero-order valence-corrected chi connectivity index (χ0v) is 29.1. The zero-order chi connectivity index (χ0) is 34.3. The Morgan fingerprint density at radius 1 is 0.875 bits per heavy atom. The molecule has 0 radical (unpaired) electrons. The average molecular weight is 688 g/mol. The van der Waals surface area contributed by atoms with Gasteiger partial charge in [0.05, 0.1) is 17.7 Å². The summed E-state index contributed by atoms with van der Waals surface area (Å²) in [6, 6.07) is 27.4. The molecule has 0 unspecified atom stereocenters. The first kappa shape index (κ1) is 35.0. The number of aryl methyl sites for hydroxylation is 2. The summed E-state index contributed by atoms with van der Waals surface area (Å²) >= 11 is 6.36. The van der Waals surface area contributed by atoms with Crippen molar-refractivity contribution in [2.75, 3.05) is 18.0 Å². The number of halogens is 1. The number of ether oxygens (including phenoxy) is 1. The second kappa shape index (κ2) is 15.7. The Labute approximate surface area is 288 Å². The molecule has 8 nitrogen and oxygen atoms in total. The number of benzene rings is 4. The van der Waals surface area contributed by atoms with Crippen molar-refractivity contribution in [2.45, 2.75) is 69.5 Å². The number of methoxy groups -OCH3 is 1. The number of anilines is 1. The van der Waals surface area contributed by atoms with Crippen molar-refractivity contribution >= 4 is 39.1 Å². The van der Waals surface area contributed by atoms with Crippen molar-refractivity contribution in [1.29, 1.82) is 0 Å². The van der Waals surface area contributed by atoms with Gasteiger partial charge in [-0.25, -0.2) is 8.42 Å². The molecule has 48 heavy (non-hydrogen) atoms. The van der Waals surface area contributed by atoms with E-state index in [1.807, 2.05) is 56.3 Å². The highest BCUT2D eigenvalue weighted by Gasteiger charge is 2.36. The van der Waals surface area contributed by atoms with E-state index in [2.05, 4.69) is 5.32 Å². The van der Waals surface area contributed by atoms with E-state index >= 15 is 0 Å². The van der Waals surface area contributed by atoms with Gasteiger partial charge in [0.25, 0.3) is 10.0 Å². The highest BCUT2D eigenvalue weighted by molar-refractivity contribution is 7.92. The molecule has 1 aliphatic rings. The minimum absolute atomic E-state index is 0.0221. The molecule has 252 valence electrons. The van der Waals surface area contributed by atoms with Gasteiger partial charge in [-0.15, -0.1) is 0 Å². The molecule has 1 fully saturated rings. The Hall–Kier alpha value is -4.34. The lowest BCUT2D eigenvalue weighted by Crippen LogP contribution is -2.54. The third kappa shape index (κ3) is 8.57. The number of nitrogens with one attached hydrogen (secondary N) is 1. The van der Waals surface area contributed by atoms with E-state index in [4.69, 9.17) is 16.3 Å². The second-order valence-corrected chi connectivity index (χ2v) is 14.6. The van der Waals surface area contributed by atoms with E-state index in [0.717, 1.165) is 46.7 Å². The third-order valence-corrected chi connectivity index (χ3v) is 10.7. The molecule has 0 bridgehead atoms. The molecule has 4 aromatic carbocycles. The number of rotatable bonds is 13. The molecule has 0 aliphatic heterocycles. The van der Waals surface area contributed by atoms with Gasteiger partial charge < -0.3 is 15.0 Å². The summed E-state index contributed by atoms with van der Waals surface area (Å²) in [5.74, 6) is -0.524. The first-order valence-electron chi connectivity index (χ1n) is 16.2. The zero-order valence-electron chi connectivity index (χ0n) is 27.6. The first-order chi connectivity index (χ1) is 23.0. The van der Waals surface area contributed by atoms with Crippen molar-refractivity contribution in [2.24, 2.45) is 0 Å². The van der Waals surface area contributed by atoms with Crippen LogP contribution < -0.4 is 14.4 Å². The van der Waals surface area contributed by atoms with Gasteiger partial charge in [-0.3, -0.25) is 13.9 Å². The number of nitrogens with zero attached hydrogens (tertiary/aromatic N) is 2. The third-order valence-electron chi connectivity index (χ3n) is 8.71. The smallest absolute Gasteiger partial charge is 0.264 e. The average Bonchev–Trinajstić information content (AvgIpc) is 3.58. The van der Waals surface area contributed by atoms with Gasteiger partial charge in [-0.2, -0.15) is 0 Å². The number of carbonyl (C=O) groups excluding carboxylic acids is 2. The van der Waals surface area contributed by atoms with Crippen LogP contribution in [0.25, 0.3) is 0 Å². The lowest BCUT2D eigenvalue weighted by molar-refractivity contribution is -0.140. The van der Waals surface area contributed by atoms with Gasteiger partial charge in [0.15, 0.2) is 0 Å². The molecule has 0 spiro atoms. The number of amides is 2. The summed E-state index contributed by atoms with van der Waals surface area (Å²) in [4.78, 5) is 30.5. The lowest BCUT2D eigenvalue weighted by atomic mass is 10.0. The Bertz CT molecular complexity index is 1830. The molecule has 4 aromatic rings. The molecule has 2 amide bonds. The maximum Gasteiger partial charge on any atom is 0.264 e. The van der Waals surface area contributed by atoms with Gasteiger partial charge in [-0.1, -0.05) is 90.7 Å². The van der Waals surface area contributed by atoms with E-state index in [1.54, 1.807) is 42.5 Å². The van der Waals surface area contributed by atoms with Gasteiger partial charge in [0.1, 0.15) is 18.3 Å². The molecular weight excluding hydrogens is 646 g/mol. The molecule has 0 saturated heterocycles. The van der Waals surface area contributed by atoms with Crippen LogP contribution >= 0.6 is 11.6 Å². The molecule has 1 aliphatic carbocycles. The molecule has 1 saturated carbocycles. The van der Waals surface area contributed by atoms with E-state index in [0.29, 0.717) is 16.3 Å². The number of carbonyl (C=O) groups is 2. The minimum atomic E-state index is -4.27. The second-order valence-electron chi connectivity index (χ2n) is 12.3. The van der Waals surface area contributed by atoms with Crippen LogP contribution in [0.2, 0.25) is 5.02 Å². The van der Waals surface area contributed by atoms with E-state index < -0.39 is 28.5 Å². The summed E-state index contributed by atoms with van der Waals surface area (Å²) < 4.78 is 35.5. The molecule has 0 aromatic heterocycles. The molecular formula is C38H42ClN3O5S. The predicted octanol–water partition coefficient (Wildman–Crippen LogP) is 6.86.